The van der Waals surface area contributed by atoms with E-state index in [1.807, 2.05) is 4.90 Å². The van der Waals surface area contributed by atoms with E-state index in [0.29, 0.717) is 16.9 Å². The predicted octanol–water partition coefficient (Wildman–Crippen LogP) is 4.17. The summed E-state index contributed by atoms with van der Waals surface area (Å²) in [5.41, 5.74) is 0.103. The van der Waals surface area contributed by atoms with E-state index in [1.165, 1.54) is 6.07 Å². The molecule has 0 spiro atoms. The fourth-order valence-electron chi connectivity index (χ4n) is 3.63. The van der Waals surface area contributed by atoms with Gasteiger partial charge in [-0.2, -0.15) is 0 Å². The van der Waals surface area contributed by atoms with E-state index >= 15 is 0 Å². The molecule has 4 rings (SSSR count). The second-order valence-electron chi connectivity index (χ2n) is 6.74. The molecule has 2 aromatic carbocycles. The first-order chi connectivity index (χ1) is 12.5. The van der Waals surface area contributed by atoms with Crippen LogP contribution in [0.15, 0.2) is 47.5 Å². The van der Waals surface area contributed by atoms with Crippen LogP contribution in [0.25, 0.3) is 0 Å². The van der Waals surface area contributed by atoms with Crippen molar-refractivity contribution in [2.75, 3.05) is 18.0 Å². The zero-order valence-electron chi connectivity index (χ0n) is 14.1. The summed E-state index contributed by atoms with van der Waals surface area (Å²) in [6, 6.07) is 11.4. The normalized spacial score (nSPS) is 21.7. The highest BCUT2D eigenvalue weighted by Gasteiger charge is 2.42. The van der Waals surface area contributed by atoms with Gasteiger partial charge in [-0.1, -0.05) is 29.8 Å². The molecule has 6 heteroatoms. The molecule has 2 aliphatic heterocycles. The third-order valence-corrected chi connectivity index (χ3v) is 5.44. The zero-order valence-corrected chi connectivity index (χ0v) is 14.8. The molecule has 1 N–H and O–H groups in total. The van der Waals surface area contributed by atoms with E-state index in [0.717, 1.165) is 25.9 Å². The third kappa shape index (κ3) is 2.81. The van der Waals surface area contributed by atoms with Gasteiger partial charge in [0.25, 0.3) is 0 Å². The van der Waals surface area contributed by atoms with Gasteiger partial charge in [0.2, 0.25) is 0 Å². The van der Waals surface area contributed by atoms with Crippen molar-refractivity contribution in [1.29, 1.82) is 0 Å². The summed E-state index contributed by atoms with van der Waals surface area (Å²) < 4.78 is 14.5. The number of rotatable bonds is 4. The summed E-state index contributed by atoms with van der Waals surface area (Å²) in [4.78, 5) is 18.8. The Morgan fingerprint density at radius 1 is 1.23 bits per heavy atom. The number of fused-ring (bicyclic) bond motifs is 1. The molecule has 1 fully saturated rings. The number of para-hydroxylation sites is 1. The summed E-state index contributed by atoms with van der Waals surface area (Å²) in [5, 5.41) is 10.9. The summed E-state index contributed by atoms with van der Waals surface area (Å²) in [7, 11) is 0. The van der Waals surface area contributed by atoms with Crippen molar-refractivity contribution in [2.45, 2.75) is 24.9 Å². The van der Waals surface area contributed by atoms with E-state index in [2.05, 4.69) is 4.99 Å². The molecule has 2 aromatic rings. The topological polar surface area (TPSA) is 52.9 Å². The Bertz CT molecular complexity index is 908. The lowest BCUT2D eigenvalue weighted by molar-refractivity contribution is 0.0752. The number of Topliss-reactive ketones (excluding diaryl/α,β-unsaturated/α-hetero) is 1. The number of carbonyl (C=O) groups excluding carboxylic acids is 1. The van der Waals surface area contributed by atoms with Gasteiger partial charge in [-0.15, -0.1) is 0 Å². The van der Waals surface area contributed by atoms with Crippen LogP contribution >= 0.6 is 11.6 Å². The van der Waals surface area contributed by atoms with Crippen LogP contribution in [0, 0.1) is 5.82 Å². The largest absolute Gasteiger partial charge is 0.377 e. The lowest BCUT2D eigenvalue weighted by Crippen LogP contribution is -2.32. The quantitative estimate of drug-likeness (QED) is 0.819. The molecule has 1 atom stereocenters. The summed E-state index contributed by atoms with van der Waals surface area (Å²) in [6.45, 7) is 1.65. The van der Waals surface area contributed by atoms with E-state index in [9.17, 15) is 14.3 Å². The average Bonchev–Trinajstić information content (AvgIpc) is 3.23. The first-order valence-electron chi connectivity index (χ1n) is 8.63. The van der Waals surface area contributed by atoms with Crippen molar-refractivity contribution < 1.29 is 14.3 Å². The molecule has 4 nitrogen and oxygen atoms in total. The number of aliphatic imine (C=N–C) groups is 1. The number of benzene rings is 2. The van der Waals surface area contributed by atoms with Crippen molar-refractivity contribution in [3.63, 3.8) is 0 Å². The molecular formula is C20H18ClFN2O2. The van der Waals surface area contributed by atoms with Crippen LogP contribution < -0.4 is 4.90 Å². The van der Waals surface area contributed by atoms with E-state index in [4.69, 9.17) is 11.6 Å². The minimum Gasteiger partial charge on any atom is -0.377 e. The molecule has 0 radical (unpaired) electrons. The Hall–Kier alpha value is -2.24. The standard InChI is InChI=1S/C20H18ClFN2O2/c21-19-20(26,14-5-1-2-6-16(14)23-19)12-18(25)13-7-8-17(15(22)11-13)24-9-3-4-10-24/h1-2,5-8,11,26H,3-4,9-10,12H2. The van der Waals surface area contributed by atoms with Crippen molar-refractivity contribution in [3.8, 4) is 0 Å². The first kappa shape index (κ1) is 17.2. The van der Waals surface area contributed by atoms with Gasteiger partial charge in [0.05, 0.1) is 17.8 Å². The van der Waals surface area contributed by atoms with Gasteiger partial charge in [0.1, 0.15) is 11.0 Å². The van der Waals surface area contributed by atoms with Gasteiger partial charge < -0.3 is 10.0 Å². The highest BCUT2D eigenvalue weighted by Crippen LogP contribution is 2.42. The number of aliphatic hydroxyl groups is 1. The summed E-state index contributed by atoms with van der Waals surface area (Å²) in [6.07, 6.45) is 1.81. The maximum absolute atomic E-state index is 14.5. The Balaban J connectivity index is 1.59. The monoisotopic (exact) mass is 372 g/mol. The third-order valence-electron chi connectivity index (χ3n) is 5.04. The predicted molar refractivity (Wildman–Crippen MR) is 100 cm³/mol. The van der Waals surface area contributed by atoms with Gasteiger partial charge in [0.15, 0.2) is 11.4 Å². The number of anilines is 1. The first-order valence-corrected chi connectivity index (χ1v) is 9.01. The van der Waals surface area contributed by atoms with E-state index in [-0.39, 0.29) is 22.9 Å². The number of carbonyl (C=O) groups is 1. The molecule has 2 aliphatic rings. The number of hydrogen-bond acceptors (Lipinski definition) is 4. The zero-order chi connectivity index (χ0) is 18.3. The number of nitrogens with zero attached hydrogens (tertiary/aromatic N) is 2. The molecule has 0 bridgehead atoms. The molecule has 1 saturated heterocycles. The average molecular weight is 373 g/mol. The van der Waals surface area contributed by atoms with Gasteiger partial charge in [-0.3, -0.25) is 4.79 Å². The van der Waals surface area contributed by atoms with Crippen molar-refractivity contribution in [2.24, 2.45) is 4.99 Å². The van der Waals surface area contributed by atoms with E-state index < -0.39 is 11.4 Å². The van der Waals surface area contributed by atoms with Crippen LogP contribution in [0.2, 0.25) is 0 Å². The van der Waals surface area contributed by atoms with Crippen LogP contribution in [0.3, 0.4) is 0 Å². The van der Waals surface area contributed by atoms with Crippen LogP contribution in [-0.4, -0.2) is 29.2 Å². The van der Waals surface area contributed by atoms with Gasteiger partial charge in [0, 0.05) is 24.2 Å². The maximum Gasteiger partial charge on any atom is 0.166 e. The van der Waals surface area contributed by atoms with Gasteiger partial charge in [-0.25, -0.2) is 9.38 Å². The van der Waals surface area contributed by atoms with Gasteiger partial charge >= 0.3 is 0 Å². The minimum atomic E-state index is -1.67. The highest BCUT2D eigenvalue weighted by atomic mass is 35.5. The van der Waals surface area contributed by atoms with Crippen LogP contribution in [0.5, 0.6) is 0 Å². The Morgan fingerprint density at radius 2 is 1.96 bits per heavy atom. The molecule has 0 saturated carbocycles. The Morgan fingerprint density at radius 3 is 2.69 bits per heavy atom. The fourth-order valence-corrected chi connectivity index (χ4v) is 3.89. The maximum atomic E-state index is 14.5. The van der Waals surface area contributed by atoms with Crippen molar-refractivity contribution >= 4 is 33.9 Å². The minimum absolute atomic E-state index is 0.0405. The molecule has 0 amide bonds. The molecule has 134 valence electrons. The second-order valence-corrected chi connectivity index (χ2v) is 7.10. The Labute approximate surface area is 155 Å². The number of hydrogen-bond donors (Lipinski definition) is 1. The molecular weight excluding hydrogens is 355 g/mol. The SMILES string of the molecule is O=C(CC1(O)C(Cl)=Nc2ccccc21)c1ccc(N2CCCC2)c(F)c1. The molecule has 1 unspecified atom stereocenters. The van der Waals surface area contributed by atoms with Crippen LogP contribution in [-0.2, 0) is 5.60 Å². The second kappa shape index (κ2) is 6.49. The van der Waals surface area contributed by atoms with Gasteiger partial charge in [-0.05, 0) is 37.1 Å². The van der Waals surface area contributed by atoms with Crippen molar-refractivity contribution in [3.05, 3.63) is 59.4 Å². The lowest BCUT2D eigenvalue weighted by atomic mass is 9.88. The van der Waals surface area contributed by atoms with Crippen LogP contribution in [0.4, 0.5) is 15.8 Å². The van der Waals surface area contributed by atoms with Crippen LogP contribution in [0.1, 0.15) is 35.2 Å². The smallest absolute Gasteiger partial charge is 0.166 e. The summed E-state index contributed by atoms with van der Waals surface area (Å²) >= 11 is 6.13. The number of halogens is 2. The highest BCUT2D eigenvalue weighted by molar-refractivity contribution is 6.68. The molecule has 0 aliphatic carbocycles. The lowest BCUT2D eigenvalue weighted by Gasteiger charge is -2.23. The number of ketones is 1. The Kier molecular flexibility index (Phi) is 4.29. The van der Waals surface area contributed by atoms with E-state index in [1.54, 1.807) is 36.4 Å². The molecule has 0 aromatic heterocycles. The molecule has 2 heterocycles. The van der Waals surface area contributed by atoms with Crippen molar-refractivity contribution in [1.82, 2.24) is 0 Å². The summed E-state index contributed by atoms with van der Waals surface area (Å²) in [5.74, 6) is -0.805. The fraction of sp³-hybridized carbons (Fsp3) is 0.300. The molecule has 26 heavy (non-hydrogen) atoms.